The minimum Gasteiger partial charge on any atom is -0.457 e. The fourth-order valence-corrected chi connectivity index (χ4v) is 3.23. The summed E-state index contributed by atoms with van der Waals surface area (Å²) in [5, 5.41) is 2.69. The molecule has 2 aromatic carbocycles. The number of fused-ring (bicyclic) bond motifs is 1. The summed E-state index contributed by atoms with van der Waals surface area (Å²) in [5.74, 6) is 0.838. The zero-order chi connectivity index (χ0) is 22.1. The van der Waals surface area contributed by atoms with Gasteiger partial charge < -0.3 is 14.6 Å². The van der Waals surface area contributed by atoms with Crippen LogP contribution in [0.4, 0.5) is 5.69 Å². The number of nitrogens with one attached hydrogen (secondary N) is 1. The molecule has 0 unspecified atom stereocenters. The summed E-state index contributed by atoms with van der Waals surface area (Å²) in [6, 6.07) is 14.5. The average Bonchev–Trinajstić information content (AvgIpc) is 3.14. The van der Waals surface area contributed by atoms with Crippen molar-refractivity contribution in [3.63, 3.8) is 0 Å². The number of amides is 1. The van der Waals surface area contributed by atoms with Gasteiger partial charge in [-0.25, -0.2) is 14.3 Å². The predicted molar refractivity (Wildman–Crippen MR) is 117 cm³/mol. The van der Waals surface area contributed by atoms with Gasteiger partial charge in [0, 0.05) is 19.8 Å². The number of hydrogen-bond donors (Lipinski definition) is 1. The number of carbonyl (C=O) groups excluding carboxylic acids is 1. The zero-order valence-corrected chi connectivity index (χ0v) is 17.3. The molecule has 0 atom stereocenters. The second-order valence-corrected chi connectivity index (χ2v) is 7.25. The number of aromatic nitrogens is 4. The van der Waals surface area contributed by atoms with Gasteiger partial charge in [-0.15, -0.1) is 0 Å². The second kappa shape index (κ2) is 7.94. The number of imidazole rings is 1. The number of benzene rings is 2. The molecule has 0 fully saturated rings. The minimum absolute atomic E-state index is 0.257. The molecule has 1 amide bonds. The molecular formula is C22H21N5O4. The van der Waals surface area contributed by atoms with Crippen LogP contribution in [0.5, 0.6) is 11.5 Å². The van der Waals surface area contributed by atoms with Crippen LogP contribution in [0.15, 0.2) is 64.4 Å². The van der Waals surface area contributed by atoms with Crippen LogP contribution in [0.2, 0.25) is 0 Å². The fraction of sp³-hybridized carbons (Fsp3) is 0.182. The Labute approximate surface area is 177 Å². The van der Waals surface area contributed by atoms with E-state index in [0.29, 0.717) is 17.2 Å². The Balaban J connectivity index is 1.49. The molecule has 0 aliphatic heterocycles. The van der Waals surface area contributed by atoms with E-state index < -0.39 is 23.7 Å². The van der Waals surface area contributed by atoms with E-state index in [9.17, 15) is 14.4 Å². The molecule has 2 aromatic heterocycles. The molecule has 2 heterocycles. The third-order valence-corrected chi connectivity index (χ3v) is 4.90. The van der Waals surface area contributed by atoms with Crippen molar-refractivity contribution in [2.24, 2.45) is 14.1 Å². The third-order valence-electron chi connectivity index (χ3n) is 4.90. The number of hydrogen-bond acceptors (Lipinski definition) is 5. The van der Waals surface area contributed by atoms with Crippen LogP contribution in [0.25, 0.3) is 11.2 Å². The zero-order valence-electron chi connectivity index (χ0n) is 17.3. The maximum Gasteiger partial charge on any atom is 0.332 e. The van der Waals surface area contributed by atoms with Crippen molar-refractivity contribution in [2.75, 3.05) is 5.32 Å². The molecule has 0 radical (unpaired) electrons. The Morgan fingerprint density at radius 2 is 1.61 bits per heavy atom. The van der Waals surface area contributed by atoms with Gasteiger partial charge in [-0.3, -0.25) is 14.2 Å². The van der Waals surface area contributed by atoms with Crippen molar-refractivity contribution in [1.29, 1.82) is 0 Å². The minimum atomic E-state index is -0.604. The molecule has 1 N–H and O–H groups in total. The Hall–Kier alpha value is -4.14. The van der Waals surface area contributed by atoms with Crippen molar-refractivity contribution in [3.8, 4) is 11.5 Å². The largest absolute Gasteiger partial charge is 0.457 e. The molecule has 0 aliphatic carbocycles. The molecule has 9 nitrogen and oxygen atoms in total. The van der Waals surface area contributed by atoms with E-state index in [-0.39, 0.29) is 11.2 Å². The summed E-state index contributed by atoms with van der Waals surface area (Å²) in [6.45, 7) is 1.59. The van der Waals surface area contributed by atoms with E-state index in [0.717, 1.165) is 10.1 Å². The van der Waals surface area contributed by atoms with Crippen molar-refractivity contribution < 1.29 is 9.53 Å². The molecule has 158 valence electrons. The van der Waals surface area contributed by atoms with Gasteiger partial charge in [0.15, 0.2) is 11.2 Å². The lowest BCUT2D eigenvalue weighted by atomic mass is 10.2. The summed E-state index contributed by atoms with van der Waals surface area (Å²) < 4.78 is 9.44. The van der Waals surface area contributed by atoms with E-state index >= 15 is 0 Å². The Bertz CT molecular complexity index is 1380. The molecular weight excluding hydrogens is 398 g/mol. The van der Waals surface area contributed by atoms with E-state index in [1.807, 2.05) is 31.2 Å². The van der Waals surface area contributed by atoms with Crippen LogP contribution in [0.1, 0.15) is 5.56 Å². The van der Waals surface area contributed by atoms with Crippen LogP contribution >= 0.6 is 0 Å². The number of aryl methyl sites for hydroxylation is 3. The molecule has 0 aliphatic rings. The van der Waals surface area contributed by atoms with Crippen LogP contribution in [-0.4, -0.2) is 24.6 Å². The normalized spacial score (nSPS) is 10.9. The summed E-state index contributed by atoms with van der Waals surface area (Å²) in [7, 11) is 3.17. The first-order chi connectivity index (χ1) is 14.8. The van der Waals surface area contributed by atoms with E-state index in [4.69, 9.17) is 4.74 Å². The molecule has 0 saturated heterocycles. The first-order valence-electron chi connectivity index (χ1n) is 9.59. The molecule has 31 heavy (non-hydrogen) atoms. The molecule has 4 aromatic rings. The number of carbonyl (C=O) groups is 1. The topological polar surface area (TPSA) is 100 Å². The van der Waals surface area contributed by atoms with Gasteiger partial charge in [0.25, 0.3) is 5.56 Å². The van der Waals surface area contributed by atoms with Crippen molar-refractivity contribution in [1.82, 2.24) is 18.7 Å². The smallest absolute Gasteiger partial charge is 0.332 e. The highest BCUT2D eigenvalue weighted by molar-refractivity contribution is 5.90. The van der Waals surface area contributed by atoms with Crippen molar-refractivity contribution in [2.45, 2.75) is 13.5 Å². The molecule has 9 heteroatoms. The van der Waals surface area contributed by atoms with Gasteiger partial charge in [-0.1, -0.05) is 17.7 Å². The van der Waals surface area contributed by atoms with Crippen LogP contribution in [-0.2, 0) is 25.4 Å². The highest BCUT2D eigenvalue weighted by Crippen LogP contribution is 2.23. The van der Waals surface area contributed by atoms with Gasteiger partial charge in [0.05, 0.1) is 6.33 Å². The summed E-state index contributed by atoms with van der Waals surface area (Å²) in [6.07, 6.45) is 1.45. The van der Waals surface area contributed by atoms with Gasteiger partial charge in [-0.2, -0.15) is 0 Å². The van der Waals surface area contributed by atoms with Crippen molar-refractivity contribution in [3.05, 3.63) is 81.3 Å². The average molecular weight is 419 g/mol. The molecule has 4 rings (SSSR count). The highest BCUT2D eigenvalue weighted by atomic mass is 16.5. The quantitative estimate of drug-likeness (QED) is 0.534. The third kappa shape index (κ3) is 3.97. The number of ether oxygens (including phenoxy) is 1. The van der Waals surface area contributed by atoms with Gasteiger partial charge in [-0.05, 0) is 43.3 Å². The van der Waals surface area contributed by atoms with E-state index in [1.165, 1.54) is 22.5 Å². The number of nitrogens with zero attached hydrogens (tertiary/aromatic N) is 4. The molecule has 0 spiro atoms. The first-order valence-corrected chi connectivity index (χ1v) is 9.59. The monoisotopic (exact) mass is 419 g/mol. The van der Waals surface area contributed by atoms with Crippen LogP contribution in [0.3, 0.4) is 0 Å². The van der Waals surface area contributed by atoms with Gasteiger partial charge in [0.1, 0.15) is 18.0 Å². The molecule has 0 bridgehead atoms. The van der Waals surface area contributed by atoms with Crippen LogP contribution < -0.4 is 21.3 Å². The summed E-state index contributed by atoms with van der Waals surface area (Å²) >= 11 is 0. The maximum absolute atomic E-state index is 12.7. The Kier molecular flexibility index (Phi) is 5.16. The molecule has 0 saturated carbocycles. The number of anilines is 1. The lowest BCUT2D eigenvalue weighted by Crippen LogP contribution is -2.42. The lowest BCUT2D eigenvalue weighted by Gasteiger charge is -2.10. The van der Waals surface area contributed by atoms with Crippen molar-refractivity contribution >= 4 is 22.8 Å². The number of rotatable bonds is 5. The van der Waals surface area contributed by atoms with Crippen LogP contribution in [0, 0.1) is 6.92 Å². The fourth-order valence-electron chi connectivity index (χ4n) is 3.23. The van der Waals surface area contributed by atoms with Gasteiger partial charge >= 0.3 is 5.69 Å². The Morgan fingerprint density at radius 3 is 2.26 bits per heavy atom. The van der Waals surface area contributed by atoms with E-state index in [1.54, 1.807) is 31.3 Å². The highest BCUT2D eigenvalue weighted by Gasteiger charge is 2.17. The van der Waals surface area contributed by atoms with E-state index in [2.05, 4.69) is 10.3 Å². The lowest BCUT2D eigenvalue weighted by molar-refractivity contribution is -0.116. The summed E-state index contributed by atoms with van der Waals surface area (Å²) in [4.78, 5) is 41.8. The van der Waals surface area contributed by atoms with Gasteiger partial charge in [0.2, 0.25) is 5.91 Å². The summed E-state index contributed by atoms with van der Waals surface area (Å²) in [5.41, 5.74) is 1.03. The predicted octanol–water partition coefficient (Wildman–Crippen LogP) is 2.17. The maximum atomic E-state index is 12.7. The standard InChI is InChI=1S/C22H21N5O4/c1-14-4-8-16(9-5-14)31-17-10-6-15(7-11-17)24-18(28)12-27-21(29)19-20(23-13-25(19)2)26(3)22(27)30/h4-11,13H,12H2,1-3H3,(H,24,28). The first kappa shape index (κ1) is 20.1. The second-order valence-electron chi connectivity index (χ2n) is 7.25. The Morgan fingerprint density at radius 1 is 1.00 bits per heavy atom. The SMILES string of the molecule is Cc1ccc(Oc2ccc(NC(=O)Cn3c(=O)c4c(ncn4C)n(C)c3=O)cc2)cc1.